The van der Waals surface area contributed by atoms with Crippen molar-refractivity contribution in [1.82, 2.24) is 9.88 Å². The Morgan fingerprint density at radius 2 is 2.32 bits per heavy atom. The van der Waals surface area contributed by atoms with E-state index in [0.717, 1.165) is 0 Å². The lowest BCUT2D eigenvalue weighted by molar-refractivity contribution is 0.0632. The lowest BCUT2D eigenvalue weighted by atomic mass is 10.0. The first-order valence-corrected chi connectivity index (χ1v) is 8.10. The van der Waals surface area contributed by atoms with Gasteiger partial charge >= 0.3 is 0 Å². The fourth-order valence-electron chi connectivity index (χ4n) is 1.48. The van der Waals surface area contributed by atoms with E-state index in [1.54, 1.807) is 18.4 Å². The molecular formula is C11H14N2O4S2. The molecule has 2 rings (SSSR count). The number of nitrogens with zero attached hydrogens (tertiary/aromatic N) is 1. The minimum atomic E-state index is -3.56. The average Bonchev–Trinajstić information content (AvgIpc) is 2.98. The molecule has 0 bridgehead atoms. The first kappa shape index (κ1) is 14.2. The molecule has 0 spiro atoms. The lowest BCUT2D eigenvalue weighted by Crippen LogP contribution is -2.38. The van der Waals surface area contributed by atoms with E-state index in [2.05, 4.69) is 14.4 Å². The predicted octanol–water partition coefficient (Wildman–Crippen LogP) is 1.06. The molecule has 0 aliphatic rings. The molecule has 2 N–H and O–H groups in total. The van der Waals surface area contributed by atoms with E-state index in [1.165, 1.54) is 23.7 Å². The molecule has 0 radical (unpaired) electrons. The number of nitrogens with one attached hydrogen (secondary N) is 1. The molecule has 0 saturated heterocycles. The number of rotatable bonds is 6. The maximum absolute atomic E-state index is 11.8. The van der Waals surface area contributed by atoms with Gasteiger partial charge in [-0.1, -0.05) is 5.16 Å². The van der Waals surface area contributed by atoms with Gasteiger partial charge in [-0.25, -0.2) is 13.1 Å². The average molecular weight is 302 g/mol. The molecule has 8 heteroatoms. The minimum Gasteiger partial charge on any atom is -0.384 e. The summed E-state index contributed by atoms with van der Waals surface area (Å²) in [5.41, 5.74) is -0.235. The SMILES string of the molecule is C[C@](O)(CNS(=O)(=O)Cc1ccon1)c1ccsc1. The van der Waals surface area contributed by atoms with Gasteiger partial charge in [0.25, 0.3) is 0 Å². The molecule has 0 fully saturated rings. The normalized spacial score (nSPS) is 15.3. The molecule has 2 aromatic rings. The number of thiophene rings is 1. The first-order valence-electron chi connectivity index (χ1n) is 5.51. The van der Waals surface area contributed by atoms with E-state index in [4.69, 9.17) is 0 Å². The van der Waals surface area contributed by atoms with E-state index >= 15 is 0 Å². The second-order valence-corrected chi connectivity index (χ2v) is 6.94. The van der Waals surface area contributed by atoms with Gasteiger partial charge in [-0.3, -0.25) is 0 Å². The number of hydrogen-bond donors (Lipinski definition) is 2. The first-order chi connectivity index (χ1) is 8.89. The highest BCUT2D eigenvalue weighted by Crippen LogP contribution is 2.22. The summed E-state index contributed by atoms with van der Waals surface area (Å²) in [5, 5.41) is 17.4. The molecule has 104 valence electrons. The quantitative estimate of drug-likeness (QED) is 0.832. The van der Waals surface area contributed by atoms with Crippen LogP contribution in [0.25, 0.3) is 0 Å². The molecule has 0 aliphatic heterocycles. The Labute approximate surface area is 115 Å². The van der Waals surface area contributed by atoms with Gasteiger partial charge < -0.3 is 9.63 Å². The molecule has 2 heterocycles. The molecule has 0 saturated carbocycles. The van der Waals surface area contributed by atoms with E-state index in [-0.39, 0.29) is 12.3 Å². The van der Waals surface area contributed by atoms with Crippen molar-refractivity contribution in [3.63, 3.8) is 0 Å². The van der Waals surface area contributed by atoms with Crippen LogP contribution in [0.1, 0.15) is 18.2 Å². The van der Waals surface area contributed by atoms with Gasteiger partial charge in [0.15, 0.2) is 0 Å². The summed E-state index contributed by atoms with van der Waals surface area (Å²) >= 11 is 1.44. The summed E-state index contributed by atoms with van der Waals surface area (Å²) < 4.78 is 30.6. The van der Waals surface area contributed by atoms with Gasteiger partial charge in [0.1, 0.15) is 17.6 Å². The van der Waals surface area contributed by atoms with Gasteiger partial charge in [0.2, 0.25) is 10.0 Å². The summed E-state index contributed by atoms with van der Waals surface area (Å²) in [7, 11) is -3.56. The zero-order chi connectivity index (χ0) is 13.9. The summed E-state index contributed by atoms with van der Waals surface area (Å²) in [6, 6.07) is 3.24. The summed E-state index contributed by atoms with van der Waals surface area (Å²) in [6.45, 7) is 1.47. The van der Waals surface area contributed by atoms with Crippen molar-refractivity contribution < 1.29 is 18.0 Å². The topological polar surface area (TPSA) is 92.4 Å². The molecule has 0 aromatic carbocycles. The Balaban J connectivity index is 1.98. The van der Waals surface area contributed by atoms with E-state index in [9.17, 15) is 13.5 Å². The Morgan fingerprint density at radius 3 is 2.89 bits per heavy atom. The number of aromatic nitrogens is 1. The molecule has 0 unspecified atom stereocenters. The van der Waals surface area contributed by atoms with Gasteiger partial charge in [-0.2, -0.15) is 11.3 Å². The molecule has 1 atom stereocenters. The van der Waals surface area contributed by atoms with Crippen molar-refractivity contribution in [2.45, 2.75) is 18.3 Å². The summed E-state index contributed by atoms with van der Waals surface area (Å²) in [4.78, 5) is 0. The number of sulfonamides is 1. The smallest absolute Gasteiger partial charge is 0.217 e. The van der Waals surface area contributed by atoms with Crippen LogP contribution in [-0.2, 0) is 21.4 Å². The zero-order valence-corrected chi connectivity index (χ0v) is 11.9. The van der Waals surface area contributed by atoms with Crippen molar-refractivity contribution in [3.8, 4) is 0 Å². The third-order valence-electron chi connectivity index (χ3n) is 2.61. The van der Waals surface area contributed by atoms with E-state index in [1.807, 2.05) is 5.38 Å². The highest BCUT2D eigenvalue weighted by Gasteiger charge is 2.26. The molecule has 0 aliphatic carbocycles. The third-order valence-corrected chi connectivity index (χ3v) is 4.55. The monoisotopic (exact) mass is 302 g/mol. The third kappa shape index (κ3) is 3.87. The summed E-state index contributed by atoms with van der Waals surface area (Å²) in [5.74, 6) is -0.275. The Bertz CT molecular complexity index is 603. The molecule has 2 aromatic heterocycles. The van der Waals surface area contributed by atoms with Gasteiger partial charge in [-0.05, 0) is 29.3 Å². The van der Waals surface area contributed by atoms with Crippen LogP contribution in [0.2, 0.25) is 0 Å². The fourth-order valence-corrected chi connectivity index (χ4v) is 3.41. The molecule has 19 heavy (non-hydrogen) atoms. The summed E-state index contributed by atoms with van der Waals surface area (Å²) in [6.07, 6.45) is 1.31. The predicted molar refractivity (Wildman–Crippen MR) is 71.0 cm³/mol. The largest absolute Gasteiger partial charge is 0.384 e. The van der Waals surface area contributed by atoms with Crippen molar-refractivity contribution in [3.05, 3.63) is 40.4 Å². The molecule has 0 amide bonds. The van der Waals surface area contributed by atoms with Crippen molar-refractivity contribution >= 4 is 21.4 Å². The highest BCUT2D eigenvalue weighted by atomic mass is 32.2. The highest BCUT2D eigenvalue weighted by molar-refractivity contribution is 7.88. The van der Waals surface area contributed by atoms with Gasteiger partial charge in [0.05, 0.1) is 5.69 Å². The van der Waals surface area contributed by atoms with Crippen LogP contribution in [0.15, 0.2) is 33.7 Å². The second kappa shape index (κ2) is 5.41. The van der Waals surface area contributed by atoms with Crippen molar-refractivity contribution in [1.29, 1.82) is 0 Å². The molecule has 6 nitrogen and oxygen atoms in total. The van der Waals surface area contributed by atoms with Crippen LogP contribution < -0.4 is 4.72 Å². The van der Waals surface area contributed by atoms with Crippen LogP contribution >= 0.6 is 11.3 Å². The zero-order valence-electron chi connectivity index (χ0n) is 10.2. The Kier molecular flexibility index (Phi) is 4.04. The van der Waals surface area contributed by atoms with Crippen LogP contribution in [0.5, 0.6) is 0 Å². The van der Waals surface area contributed by atoms with Crippen LogP contribution in [0, 0.1) is 0 Å². The van der Waals surface area contributed by atoms with Gasteiger partial charge in [0, 0.05) is 12.6 Å². The van der Waals surface area contributed by atoms with Crippen LogP contribution in [0.3, 0.4) is 0 Å². The van der Waals surface area contributed by atoms with E-state index in [0.29, 0.717) is 11.3 Å². The maximum atomic E-state index is 11.8. The second-order valence-electron chi connectivity index (χ2n) is 4.36. The van der Waals surface area contributed by atoms with E-state index < -0.39 is 15.6 Å². The standard InChI is InChI=1S/C11H14N2O4S2/c1-11(14,9-3-5-18-6-9)8-12-19(15,16)7-10-2-4-17-13-10/h2-6,12,14H,7-8H2,1H3/t11-/m0/s1. The number of hydrogen-bond acceptors (Lipinski definition) is 6. The fraction of sp³-hybridized carbons (Fsp3) is 0.364. The molecular weight excluding hydrogens is 288 g/mol. The maximum Gasteiger partial charge on any atom is 0.217 e. The van der Waals surface area contributed by atoms with Crippen molar-refractivity contribution in [2.24, 2.45) is 0 Å². The minimum absolute atomic E-state index is 0.0933. The Hall–Kier alpha value is -1.22. The van der Waals surface area contributed by atoms with Crippen LogP contribution in [-0.4, -0.2) is 25.2 Å². The lowest BCUT2D eigenvalue weighted by Gasteiger charge is -2.22. The Morgan fingerprint density at radius 1 is 1.53 bits per heavy atom. The van der Waals surface area contributed by atoms with Gasteiger partial charge in [-0.15, -0.1) is 0 Å². The van der Waals surface area contributed by atoms with Crippen LogP contribution in [0.4, 0.5) is 0 Å². The van der Waals surface area contributed by atoms with Crippen molar-refractivity contribution in [2.75, 3.05) is 6.54 Å². The number of aliphatic hydroxyl groups is 1.